The average Bonchev–Trinajstić information content (AvgIpc) is 2.95. The van der Waals surface area contributed by atoms with Crippen LogP contribution >= 0.6 is 0 Å². The highest BCUT2D eigenvalue weighted by Gasteiger charge is 2.37. The Labute approximate surface area is 131 Å². The van der Waals surface area contributed by atoms with Gasteiger partial charge in [-0.1, -0.05) is 12.1 Å². The van der Waals surface area contributed by atoms with Gasteiger partial charge in [0.2, 0.25) is 0 Å². The molecule has 122 valence electrons. The largest absolute Gasteiger partial charge is 0.497 e. The summed E-state index contributed by atoms with van der Waals surface area (Å²) >= 11 is 0. The van der Waals surface area contributed by atoms with Crippen LogP contribution < -0.4 is 4.74 Å². The van der Waals surface area contributed by atoms with Crippen molar-refractivity contribution in [3.05, 3.63) is 29.8 Å². The number of rotatable bonds is 5. The molecule has 3 atom stereocenters. The molecule has 0 radical (unpaired) electrons. The third-order valence-corrected chi connectivity index (χ3v) is 4.61. The number of methoxy groups -OCH3 is 1. The Morgan fingerprint density at radius 2 is 1.91 bits per heavy atom. The summed E-state index contributed by atoms with van der Waals surface area (Å²) in [7, 11) is 1.66. The van der Waals surface area contributed by atoms with Gasteiger partial charge < -0.3 is 19.3 Å². The van der Waals surface area contributed by atoms with Crippen LogP contribution in [0.15, 0.2) is 24.3 Å². The SMILES string of the molecule is COc1ccc(CO[C@@H]2C[C@H](O)[C@@H](N3CCOCC3)C2)cc1. The average molecular weight is 307 g/mol. The summed E-state index contributed by atoms with van der Waals surface area (Å²) < 4.78 is 16.5. The first-order valence-electron chi connectivity index (χ1n) is 8.00. The van der Waals surface area contributed by atoms with Gasteiger partial charge in [0, 0.05) is 25.6 Å². The molecule has 1 heterocycles. The van der Waals surface area contributed by atoms with E-state index in [1.165, 1.54) is 0 Å². The number of hydrogen-bond donors (Lipinski definition) is 1. The van der Waals surface area contributed by atoms with Crippen molar-refractivity contribution in [3.8, 4) is 5.75 Å². The first-order chi connectivity index (χ1) is 10.8. The van der Waals surface area contributed by atoms with Gasteiger partial charge in [0.15, 0.2) is 0 Å². The molecular weight excluding hydrogens is 282 g/mol. The number of benzene rings is 1. The number of hydrogen-bond acceptors (Lipinski definition) is 5. The number of morpholine rings is 1. The third kappa shape index (κ3) is 3.79. The molecule has 5 nitrogen and oxygen atoms in total. The van der Waals surface area contributed by atoms with Crippen LogP contribution in [0.3, 0.4) is 0 Å². The molecule has 0 bridgehead atoms. The highest BCUT2D eigenvalue weighted by atomic mass is 16.5. The number of nitrogens with zero attached hydrogens (tertiary/aromatic N) is 1. The fourth-order valence-corrected chi connectivity index (χ4v) is 3.32. The van der Waals surface area contributed by atoms with E-state index in [9.17, 15) is 5.11 Å². The molecule has 0 spiro atoms. The molecule has 5 heteroatoms. The van der Waals surface area contributed by atoms with Crippen LogP contribution in [0.4, 0.5) is 0 Å². The summed E-state index contributed by atoms with van der Waals surface area (Å²) in [5.41, 5.74) is 1.13. The van der Waals surface area contributed by atoms with Crippen molar-refractivity contribution in [3.63, 3.8) is 0 Å². The van der Waals surface area contributed by atoms with Gasteiger partial charge in [-0.05, 0) is 24.1 Å². The molecule has 1 aromatic carbocycles. The number of aliphatic hydroxyl groups is 1. The van der Waals surface area contributed by atoms with E-state index in [1.54, 1.807) is 7.11 Å². The molecule has 2 fully saturated rings. The normalized spacial score (nSPS) is 29.6. The quantitative estimate of drug-likeness (QED) is 0.892. The maximum absolute atomic E-state index is 10.3. The molecule has 2 aliphatic rings. The van der Waals surface area contributed by atoms with Crippen molar-refractivity contribution in [2.75, 3.05) is 33.4 Å². The van der Waals surface area contributed by atoms with Crippen LogP contribution in [0.25, 0.3) is 0 Å². The smallest absolute Gasteiger partial charge is 0.118 e. The Hall–Kier alpha value is -1.14. The zero-order valence-corrected chi connectivity index (χ0v) is 13.1. The fraction of sp³-hybridized carbons (Fsp3) is 0.647. The monoisotopic (exact) mass is 307 g/mol. The molecule has 0 amide bonds. The Balaban J connectivity index is 1.49. The highest BCUT2D eigenvalue weighted by Crippen LogP contribution is 2.28. The van der Waals surface area contributed by atoms with Crippen LogP contribution in [-0.4, -0.2) is 61.7 Å². The van der Waals surface area contributed by atoms with Gasteiger partial charge in [-0.25, -0.2) is 0 Å². The molecule has 1 aliphatic heterocycles. The summed E-state index contributed by atoms with van der Waals surface area (Å²) in [6.07, 6.45) is 1.46. The van der Waals surface area contributed by atoms with E-state index in [0.29, 0.717) is 6.61 Å². The molecule has 1 aliphatic carbocycles. The predicted molar refractivity (Wildman–Crippen MR) is 83.0 cm³/mol. The summed E-state index contributed by atoms with van der Waals surface area (Å²) in [5.74, 6) is 0.854. The Kier molecular flexibility index (Phi) is 5.31. The second kappa shape index (κ2) is 7.42. The topological polar surface area (TPSA) is 51.2 Å². The molecule has 22 heavy (non-hydrogen) atoms. The lowest BCUT2D eigenvalue weighted by atomic mass is 10.1. The third-order valence-electron chi connectivity index (χ3n) is 4.61. The Morgan fingerprint density at radius 1 is 1.18 bits per heavy atom. The van der Waals surface area contributed by atoms with Crippen molar-refractivity contribution >= 4 is 0 Å². The molecule has 1 aromatic rings. The van der Waals surface area contributed by atoms with Gasteiger partial charge in [0.25, 0.3) is 0 Å². The molecule has 0 aromatic heterocycles. The van der Waals surface area contributed by atoms with Gasteiger partial charge in [-0.15, -0.1) is 0 Å². The van der Waals surface area contributed by atoms with Gasteiger partial charge in [-0.2, -0.15) is 0 Å². The van der Waals surface area contributed by atoms with Crippen molar-refractivity contribution < 1.29 is 19.3 Å². The lowest BCUT2D eigenvalue weighted by Crippen LogP contribution is -2.46. The maximum Gasteiger partial charge on any atom is 0.118 e. The van der Waals surface area contributed by atoms with Crippen molar-refractivity contribution in [1.82, 2.24) is 4.90 Å². The van der Waals surface area contributed by atoms with Crippen molar-refractivity contribution in [2.24, 2.45) is 0 Å². The van der Waals surface area contributed by atoms with Gasteiger partial charge in [0.05, 0.1) is 39.1 Å². The minimum Gasteiger partial charge on any atom is -0.497 e. The molecule has 1 saturated heterocycles. The summed E-state index contributed by atoms with van der Waals surface area (Å²) in [5, 5.41) is 10.3. The first kappa shape index (κ1) is 15.7. The molecule has 1 saturated carbocycles. The highest BCUT2D eigenvalue weighted by molar-refractivity contribution is 5.26. The standard InChI is InChI=1S/C17H25NO4/c1-20-14-4-2-13(3-5-14)12-22-15-10-16(17(19)11-15)18-6-8-21-9-7-18/h2-5,15-17,19H,6-12H2,1H3/t15-,16-,17-/m0/s1. The second-order valence-electron chi connectivity index (χ2n) is 6.04. The van der Waals surface area contributed by atoms with E-state index in [0.717, 1.165) is 50.5 Å². The van der Waals surface area contributed by atoms with Gasteiger partial charge >= 0.3 is 0 Å². The molecule has 0 unspecified atom stereocenters. The molecule has 1 N–H and O–H groups in total. The maximum atomic E-state index is 10.3. The van der Waals surface area contributed by atoms with Crippen molar-refractivity contribution in [2.45, 2.75) is 37.7 Å². The fourth-order valence-electron chi connectivity index (χ4n) is 3.32. The summed E-state index contributed by atoms with van der Waals surface area (Å²) in [6, 6.07) is 8.13. The summed E-state index contributed by atoms with van der Waals surface area (Å²) in [4.78, 5) is 2.34. The minimum absolute atomic E-state index is 0.130. The van der Waals surface area contributed by atoms with E-state index < -0.39 is 0 Å². The lowest BCUT2D eigenvalue weighted by molar-refractivity contribution is -0.0121. The van der Waals surface area contributed by atoms with Crippen LogP contribution in [0.1, 0.15) is 18.4 Å². The van der Waals surface area contributed by atoms with E-state index in [1.807, 2.05) is 24.3 Å². The Bertz CT molecular complexity index is 458. The van der Waals surface area contributed by atoms with E-state index in [2.05, 4.69) is 4.90 Å². The zero-order chi connectivity index (χ0) is 15.4. The van der Waals surface area contributed by atoms with Gasteiger partial charge in [-0.3, -0.25) is 4.90 Å². The molecular formula is C17H25NO4. The van der Waals surface area contributed by atoms with E-state index in [4.69, 9.17) is 14.2 Å². The minimum atomic E-state index is -0.293. The van der Waals surface area contributed by atoms with E-state index >= 15 is 0 Å². The van der Waals surface area contributed by atoms with Crippen LogP contribution in [0.5, 0.6) is 5.75 Å². The van der Waals surface area contributed by atoms with Gasteiger partial charge in [0.1, 0.15) is 5.75 Å². The first-order valence-corrected chi connectivity index (χ1v) is 8.00. The second-order valence-corrected chi connectivity index (χ2v) is 6.04. The lowest BCUT2D eigenvalue weighted by Gasteiger charge is -2.33. The molecule has 3 rings (SSSR count). The Morgan fingerprint density at radius 3 is 2.59 bits per heavy atom. The number of ether oxygens (including phenoxy) is 3. The zero-order valence-electron chi connectivity index (χ0n) is 13.1. The van der Waals surface area contributed by atoms with Crippen LogP contribution in [0.2, 0.25) is 0 Å². The number of aliphatic hydroxyl groups excluding tert-OH is 1. The van der Waals surface area contributed by atoms with Crippen LogP contribution in [-0.2, 0) is 16.1 Å². The summed E-state index contributed by atoms with van der Waals surface area (Å²) in [6.45, 7) is 3.93. The van der Waals surface area contributed by atoms with Crippen LogP contribution in [0, 0.1) is 0 Å². The van der Waals surface area contributed by atoms with Crippen molar-refractivity contribution in [1.29, 1.82) is 0 Å². The van der Waals surface area contributed by atoms with E-state index in [-0.39, 0.29) is 18.2 Å². The predicted octanol–water partition coefficient (Wildman–Crippen LogP) is 1.44.